The Hall–Kier alpha value is -2.37. The predicted molar refractivity (Wildman–Crippen MR) is 93.9 cm³/mol. The molecule has 1 aliphatic heterocycles. The van der Waals surface area contributed by atoms with Crippen molar-refractivity contribution in [3.05, 3.63) is 35.7 Å². The first-order valence-electron chi connectivity index (χ1n) is 9.18. The molecule has 1 unspecified atom stereocenters. The van der Waals surface area contributed by atoms with Gasteiger partial charge in [-0.2, -0.15) is 4.98 Å². The summed E-state index contributed by atoms with van der Waals surface area (Å²) in [6.07, 6.45) is 6.42. The minimum atomic E-state index is -0.118. The highest BCUT2D eigenvalue weighted by atomic mass is 16.5. The van der Waals surface area contributed by atoms with Gasteiger partial charge in [-0.3, -0.25) is 0 Å². The van der Waals surface area contributed by atoms with Gasteiger partial charge in [-0.1, -0.05) is 41.8 Å². The molecule has 1 saturated carbocycles. The van der Waals surface area contributed by atoms with Gasteiger partial charge in [0.25, 0.3) is 0 Å². The van der Waals surface area contributed by atoms with E-state index in [1.807, 2.05) is 36.1 Å². The van der Waals surface area contributed by atoms with E-state index in [2.05, 4.69) is 15.5 Å². The summed E-state index contributed by atoms with van der Waals surface area (Å²) in [4.78, 5) is 19.1. The van der Waals surface area contributed by atoms with Crippen molar-refractivity contribution in [2.24, 2.45) is 0 Å². The third-order valence-electron chi connectivity index (χ3n) is 5.20. The fourth-order valence-corrected chi connectivity index (χ4v) is 3.87. The number of carbonyl (C=O) groups is 1. The van der Waals surface area contributed by atoms with Gasteiger partial charge in [0.1, 0.15) is 6.04 Å². The Bertz CT molecular complexity index is 751. The maximum absolute atomic E-state index is 12.6. The third kappa shape index (κ3) is 3.38. The summed E-state index contributed by atoms with van der Waals surface area (Å²) >= 11 is 0. The van der Waals surface area contributed by atoms with Gasteiger partial charge in [-0.15, -0.1) is 0 Å². The zero-order chi connectivity index (χ0) is 17.2. The number of aryl methyl sites for hydroxylation is 1. The van der Waals surface area contributed by atoms with Crippen LogP contribution in [-0.2, 0) is 0 Å². The van der Waals surface area contributed by atoms with Crippen LogP contribution in [0.2, 0.25) is 0 Å². The maximum Gasteiger partial charge on any atom is 0.318 e. The Balaban J connectivity index is 1.49. The first-order chi connectivity index (χ1) is 12.2. The summed E-state index contributed by atoms with van der Waals surface area (Å²) in [5, 5.41) is 7.29. The summed E-state index contributed by atoms with van der Waals surface area (Å²) in [5.74, 6) is 1.12. The molecule has 2 amide bonds. The molecule has 2 aromatic rings. The fourth-order valence-electron chi connectivity index (χ4n) is 3.87. The molecule has 1 aromatic carbocycles. The number of aromatic nitrogens is 2. The zero-order valence-electron chi connectivity index (χ0n) is 14.6. The van der Waals surface area contributed by atoms with Crippen LogP contribution < -0.4 is 5.32 Å². The van der Waals surface area contributed by atoms with Gasteiger partial charge in [0.05, 0.1) is 0 Å². The van der Waals surface area contributed by atoms with Gasteiger partial charge in [0.15, 0.2) is 0 Å². The molecule has 2 aliphatic rings. The second-order valence-corrected chi connectivity index (χ2v) is 7.11. The molecule has 6 heteroatoms. The SMILES string of the molecule is Cc1cccc(-c2noc(C3CCCN3C(=O)NC3CCCC3)n2)c1. The minimum absolute atomic E-state index is 0.00436. The largest absolute Gasteiger partial charge is 0.337 e. The molecule has 0 bridgehead atoms. The Kier molecular flexibility index (Phi) is 4.42. The van der Waals surface area contributed by atoms with Crippen LogP contribution in [0.4, 0.5) is 4.79 Å². The number of nitrogens with one attached hydrogen (secondary N) is 1. The average Bonchev–Trinajstić information content (AvgIpc) is 3.35. The first-order valence-corrected chi connectivity index (χ1v) is 9.18. The summed E-state index contributed by atoms with van der Waals surface area (Å²) in [6, 6.07) is 8.24. The Morgan fingerprint density at radius 2 is 2.08 bits per heavy atom. The van der Waals surface area contributed by atoms with Crippen LogP contribution in [0, 0.1) is 6.92 Å². The third-order valence-corrected chi connectivity index (χ3v) is 5.20. The van der Waals surface area contributed by atoms with Crippen LogP contribution >= 0.6 is 0 Å². The van der Waals surface area contributed by atoms with Gasteiger partial charge in [-0.05, 0) is 38.7 Å². The molecule has 1 aromatic heterocycles. The normalized spacial score (nSPS) is 21.0. The fraction of sp³-hybridized carbons (Fsp3) is 0.526. The highest BCUT2D eigenvalue weighted by Gasteiger charge is 2.35. The first kappa shape index (κ1) is 16.1. The molecule has 2 fully saturated rings. The molecule has 1 aliphatic carbocycles. The second kappa shape index (κ2) is 6.86. The molecular formula is C19H24N4O2. The average molecular weight is 340 g/mol. The number of carbonyl (C=O) groups excluding carboxylic acids is 1. The van der Waals surface area contributed by atoms with E-state index in [9.17, 15) is 4.79 Å². The van der Waals surface area contributed by atoms with Gasteiger partial charge in [0.2, 0.25) is 11.7 Å². The molecular weight excluding hydrogens is 316 g/mol. The van der Waals surface area contributed by atoms with Gasteiger partial charge < -0.3 is 14.7 Å². The number of amides is 2. The number of nitrogens with zero attached hydrogens (tertiary/aromatic N) is 3. The molecule has 1 N–H and O–H groups in total. The van der Waals surface area contributed by atoms with Crippen LogP contribution in [0.3, 0.4) is 0 Å². The molecule has 4 rings (SSSR count). The van der Waals surface area contributed by atoms with Crippen LogP contribution in [0.5, 0.6) is 0 Å². The highest BCUT2D eigenvalue weighted by Crippen LogP contribution is 2.32. The highest BCUT2D eigenvalue weighted by molar-refractivity contribution is 5.75. The maximum atomic E-state index is 12.6. The Labute approximate surface area is 147 Å². The summed E-state index contributed by atoms with van der Waals surface area (Å²) in [6.45, 7) is 2.78. The van der Waals surface area contributed by atoms with Crippen molar-refractivity contribution in [2.75, 3.05) is 6.54 Å². The Morgan fingerprint density at radius 3 is 2.88 bits per heavy atom. The van der Waals surface area contributed by atoms with Crippen LogP contribution in [0.15, 0.2) is 28.8 Å². The number of benzene rings is 1. The monoisotopic (exact) mass is 340 g/mol. The van der Waals surface area contributed by atoms with Crippen molar-refractivity contribution < 1.29 is 9.32 Å². The van der Waals surface area contributed by atoms with E-state index in [4.69, 9.17) is 4.52 Å². The lowest BCUT2D eigenvalue weighted by Crippen LogP contribution is -2.43. The lowest BCUT2D eigenvalue weighted by atomic mass is 10.1. The van der Waals surface area contributed by atoms with Crippen molar-refractivity contribution in [3.63, 3.8) is 0 Å². The van der Waals surface area contributed by atoms with E-state index in [0.29, 0.717) is 17.8 Å². The van der Waals surface area contributed by atoms with E-state index in [1.54, 1.807) is 0 Å². The molecule has 1 saturated heterocycles. The molecule has 1 atom stereocenters. The topological polar surface area (TPSA) is 71.3 Å². The zero-order valence-corrected chi connectivity index (χ0v) is 14.6. The number of likely N-dealkylation sites (tertiary alicyclic amines) is 1. The van der Waals surface area contributed by atoms with E-state index >= 15 is 0 Å². The molecule has 0 spiro atoms. The van der Waals surface area contributed by atoms with Crippen LogP contribution in [0.25, 0.3) is 11.4 Å². The molecule has 6 nitrogen and oxygen atoms in total. The van der Waals surface area contributed by atoms with Crippen LogP contribution in [-0.4, -0.2) is 33.7 Å². The van der Waals surface area contributed by atoms with E-state index in [0.717, 1.165) is 43.4 Å². The van der Waals surface area contributed by atoms with Gasteiger partial charge in [0, 0.05) is 18.2 Å². The molecule has 2 heterocycles. The van der Waals surface area contributed by atoms with Crippen molar-refractivity contribution in [2.45, 2.75) is 57.5 Å². The summed E-state index contributed by atoms with van der Waals surface area (Å²) < 4.78 is 5.51. The Morgan fingerprint density at radius 1 is 1.24 bits per heavy atom. The van der Waals surface area contributed by atoms with Crippen LogP contribution in [0.1, 0.15) is 56.0 Å². The van der Waals surface area contributed by atoms with E-state index in [1.165, 1.54) is 12.8 Å². The van der Waals surface area contributed by atoms with Gasteiger partial charge >= 0.3 is 6.03 Å². The lowest BCUT2D eigenvalue weighted by Gasteiger charge is -2.24. The molecule has 132 valence electrons. The standard InChI is InChI=1S/C19H24N4O2/c1-13-6-4-7-14(12-13)17-21-18(25-22-17)16-10-5-11-23(16)19(24)20-15-8-2-3-9-15/h4,6-7,12,15-16H,2-3,5,8-11H2,1H3,(H,20,24). The smallest absolute Gasteiger partial charge is 0.318 e. The predicted octanol–water partition coefficient (Wildman–Crippen LogP) is 3.83. The molecule has 0 radical (unpaired) electrons. The van der Waals surface area contributed by atoms with E-state index < -0.39 is 0 Å². The summed E-state index contributed by atoms with van der Waals surface area (Å²) in [5.41, 5.74) is 2.09. The quantitative estimate of drug-likeness (QED) is 0.921. The van der Waals surface area contributed by atoms with E-state index in [-0.39, 0.29) is 12.1 Å². The molecule has 25 heavy (non-hydrogen) atoms. The number of hydrogen-bond acceptors (Lipinski definition) is 4. The van der Waals surface area contributed by atoms with Crippen molar-refractivity contribution in [3.8, 4) is 11.4 Å². The summed E-state index contributed by atoms with van der Waals surface area (Å²) in [7, 11) is 0. The van der Waals surface area contributed by atoms with Crippen molar-refractivity contribution >= 4 is 6.03 Å². The lowest BCUT2D eigenvalue weighted by molar-refractivity contribution is 0.177. The number of rotatable bonds is 3. The number of urea groups is 1. The van der Waals surface area contributed by atoms with Crippen molar-refractivity contribution in [1.29, 1.82) is 0 Å². The second-order valence-electron chi connectivity index (χ2n) is 7.11. The van der Waals surface area contributed by atoms with Gasteiger partial charge in [-0.25, -0.2) is 4.79 Å². The number of hydrogen-bond donors (Lipinski definition) is 1. The van der Waals surface area contributed by atoms with Crippen molar-refractivity contribution in [1.82, 2.24) is 20.4 Å². The minimum Gasteiger partial charge on any atom is -0.337 e.